The number of rotatable bonds is 8. The fourth-order valence-electron chi connectivity index (χ4n) is 3.18. The second-order valence-electron chi connectivity index (χ2n) is 6.49. The number of nitrogens with one attached hydrogen (secondary N) is 2. The van der Waals surface area contributed by atoms with Gasteiger partial charge in [0.05, 0.1) is 18.2 Å². The van der Waals surface area contributed by atoms with Crippen LogP contribution in [0.2, 0.25) is 0 Å². The standard InChI is InChI=1S/C16H29N3O2.HI/c1-2-17-16(18-8-3-9-20-11-12-4-5-12)19-14-10-13-6-7-15(14)21-13;/h12-15H,2-11H2,1H3,(H2,17,18,19);1H. The van der Waals surface area contributed by atoms with Crippen LogP contribution in [0, 0.1) is 5.92 Å². The average Bonchev–Trinajstić information content (AvgIpc) is 3.07. The molecule has 5 nitrogen and oxygen atoms in total. The number of halogens is 1. The van der Waals surface area contributed by atoms with Crippen molar-refractivity contribution in [2.24, 2.45) is 10.9 Å². The second-order valence-corrected chi connectivity index (χ2v) is 6.49. The maximum atomic E-state index is 5.88. The Balaban J connectivity index is 0.00000176. The lowest BCUT2D eigenvalue weighted by Gasteiger charge is -2.22. The van der Waals surface area contributed by atoms with E-state index in [1.807, 2.05) is 0 Å². The van der Waals surface area contributed by atoms with Crippen LogP contribution >= 0.6 is 24.0 Å². The van der Waals surface area contributed by atoms with Gasteiger partial charge in [0, 0.05) is 26.3 Å². The highest BCUT2D eigenvalue weighted by Crippen LogP contribution is 2.34. The summed E-state index contributed by atoms with van der Waals surface area (Å²) >= 11 is 0. The van der Waals surface area contributed by atoms with Crippen LogP contribution in [0.3, 0.4) is 0 Å². The minimum absolute atomic E-state index is 0. The van der Waals surface area contributed by atoms with Gasteiger partial charge in [0.1, 0.15) is 0 Å². The molecule has 3 rings (SSSR count). The van der Waals surface area contributed by atoms with Crippen LogP contribution in [0.25, 0.3) is 0 Å². The molecule has 1 saturated carbocycles. The molecule has 128 valence electrons. The third kappa shape index (κ3) is 5.53. The molecular weight excluding hydrogens is 393 g/mol. The largest absolute Gasteiger partial charge is 0.381 e. The van der Waals surface area contributed by atoms with Gasteiger partial charge in [0.15, 0.2) is 5.96 Å². The van der Waals surface area contributed by atoms with Crippen molar-refractivity contribution >= 4 is 29.9 Å². The molecular formula is C16H30IN3O2. The fraction of sp³-hybridized carbons (Fsp3) is 0.938. The molecule has 0 radical (unpaired) electrons. The number of hydrogen-bond donors (Lipinski definition) is 2. The summed E-state index contributed by atoms with van der Waals surface area (Å²) < 4.78 is 11.5. The summed E-state index contributed by atoms with van der Waals surface area (Å²) in [6, 6.07) is 0.438. The van der Waals surface area contributed by atoms with Gasteiger partial charge in [-0.2, -0.15) is 0 Å². The van der Waals surface area contributed by atoms with Crippen LogP contribution in [0.1, 0.15) is 45.4 Å². The molecule has 6 heteroatoms. The Bertz CT molecular complexity index is 363. The molecule has 0 amide bonds. The quantitative estimate of drug-likeness (QED) is 0.272. The van der Waals surface area contributed by atoms with E-state index in [2.05, 4.69) is 22.5 Å². The number of guanidine groups is 1. The summed E-state index contributed by atoms with van der Waals surface area (Å²) in [5.41, 5.74) is 0. The Morgan fingerprint density at radius 1 is 1.27 bits per heavy atom. The van der Waals surface area contributed by atoms with E-state index in [0.29, 0.717) is 18.2 Å². The molecule has 1 aliphatic carbocycles. The lowest BCUT2D eigenvalue weighted by Crippen LogP contribution is -2.47. The molecule has 3 fully saturated rings. The molecule has 0 aromatic heterocycles. The van der Waals surface area contributed by atoms with E-state index in [1.165, 1.54) is 25.7 Å². The van der Waals surface area contributed by atoms with Gasteiger partial charge in [-0.1, -0.05) is 0 Å². The van der Waals surface area contributed by atoms with Gasteiger partial charge in [0.2, 0.25) is 0 Å². The lowest BCUT2D eigenvalue weighted by atomic mass is 9.96. The van der Waals surface area contributed by atoms with Crippen molar-refractivity contribution in [1.29, 1.82) is 0 Å². The molecule has 0 spiro atoms. The number of fused-ring (bicyclic) bond motifs is 2. The molecule has 3 unspecified atom stereocenters. The zero-order valence-electron chi connectivity index (χ0n) is 13.6. The summed E-state index contributed by atoms with van der Waals surface area (Å²) in [7, 11) is 0. The average molecular weight is 423 g/mol. The van der Waals surface area contributed by atoms with Gasteiger partial charge in [-0.3, -0.25) is 4.99 Å². The number of hydrogen-bond acceptors (Lipinski definition) is 3. The third-order valence-corrected chi connectivity index (χ3v) is 4.54. The van der Waals surface area contributed by atoms with Gasteiger partial charge < -0.3 is 20.1 Å². The Hall–Kier alpha value is -0.0800. The van der Waals surface area contributed by atoms with Crippen LogP contribution in [0.15, 0.2) is 4.99 Å². The van der Waals surface area contributed by atoms with Crippen molar-refractivity contribution in [2.75, 3.05) is 26.3 Å². The lowest BCUT2D eigenvalue weighted by molar-refractivity contribution is 0.0992. The van der Waals surface area contributed by atoms with E-state index >= 15 is 0 Å². The van der Waals surface area contributed by atoms with Gasteiger partial charge >= 0.3 is 0 Å². The highest BCUT2D eigenvalue weighted by molar-refractivity contribution is 14.0. The topological polar surface area (TPSA) is 54.9 Å². The number of ether oxygens (including phenoxy) is 2. The maximum Gasteiger partial charge on any atom is 0.191 e. The van der Waals surface area contributed by atoms with E-state index in [9.17, 15) is 0 Å². The maximum absolute atomic E-state index is 5.88. The van der Waals surface area contributed by atoms with Gasteiger partial charge in [-0.15, -0.1) is 24.0 Å². The predicted molar refractivity (Wildman–Crippen MR) is 99.0 cm³/mol. The van der Waals surface area contributed by atoms with Crippen molar-refractivity contribution in [3.63, 3.8) is 0 Å². The molecule has 3 atom stereocenters. The van der Waals surface area contributed by atoms with E-state index in [1.54, 1.807) is 0 Å². The molecule has 2 saturated heterocycles. The van der Waals surface area contributed by atoms with Crippen LogP contribution in [0.4, 0.5) is 0 Å². The number of nitrogens with zero attached hydrogens (tertiary/aromatic N) is 1. The van der Waals surface area contributed by atoms with Gasteiger partial charge in [-0.05, 0) is 51.4 Å². The first-order valence-electron chi connectivity index (χ1n) is 8.63. The van der Waals surface area contributed by atoms with E-state index in [4.69, 9.17) is 9.47 Å². The zero-order valence-corrected chi connectivity index (χ0v) is 15.9. The van der Waals surface area contributed by atoms with E-state index < -0.39 is 0 Å². The number of aliphatic imine (C=N–C) groups is 1. The fourth-order valence-corrected chi connectivity index (χ4v) is 3.18. The Morgan fingerprint density at radius 3 is 2.77 bits per heavy atom. The van der Waals surface area contributed by atoms with E-state index in [0.717, 1.165) is 51.0 Å². The first-order chi connectivity index (χ1) is 10.3. The van der Waals surface area contributed by atoms with Gasteiger partial charge in [-0.25, -0.2) is 0 Å². The molecule has 22 heavy (non-hydrogen) atoms. The summed E-state index contributed by atoms with van der Waals surface area (Å²) in [6.07, 6.45) is 8.13. The SMILES string of the molecule is CCNC(=NCCCOCC1CC1)NC1CC2CCC1O2.I. The molecule has 0 aromatic rings. The Labute approximate surface area is 151 Å². The Morgan fingerprint density at radius 2 is 2.14 bits per heavy atom. The van der Waals surface area contributed by atoms with Crippen LogP contribution < -0.4 is 10.6 Å². The first kappa shape index (κ1) is 18.3. The third-order valence-electron chi connectivity index (χ3n) is 4.54. The molecule has 2 aliphatic heterocycles. The molecule has 3 aliphatic rings. The van der Waals surface area contributed by atoms with Crippen molar-refractivity contribution in [2.45, 2.75) is 63.7 Å². The summed E-state index contributed by atoms with van der Waals surface area (Å²) in [5, 5.41) is 6.87. The first-order valence-corrected chi connectivity index (χ1v) is 8.63. The van der Waals surface area contributed by atoms with Gasteiger partial charge in [0.25, 0.3) is 0 Å². The summed E-state index contributed by atoms with van der Waals surface area (Å²) in [6.45, 7) is 5.60. The molecule has 2 heterocycles. The van der Waals surface area contributed by atoms with E-state index in [-0.39, 0.29) is 24.0 Å². The monoisotopic (exact) mass is 423 g/mol. The highest BCUT2D eigenvalue weighted by atomic mass is 127. The summed E-state index contributed by atoms with van der Waals surface area (Å²) in [4.78, 5) is 4.65. The zero-order chi connectivity index (χ0) is 14.5. The Kier molecular flexibility index (Phi) is 7.70. The summed E-state index contributed by atoms with van der Waals surface area (Å²) in [5.74, 6) is 1.78. The van der Waals surface area contributed by atoms with Crippen molar-refractivity contribution in [3.05, 3.63) is 0 Å². The van der Waals surface area contributed by atoms with Crippen molar-refractivity contribution in [3.8, 4) is 0 Å². The van der Waals surface area contributed by atoms with Crippen LogP contribution in [-0.2, 0) is 9.47 Å². The molecule has 2 bridgehead atoms. The molecule has 0 aromatic carbocycles. The smallest absolute Gasteiger partial charge is 0.191 e. The van der Waals surface area contributed by atoms with Crippen molar-refractivity contribution < 1.29 is 9.47 Å². The van der Waals surface area contributed by atoms with Crippen molar-refractivity contribution in [1.82, 2.24) is 10.6 Å². The predicted octanol–water partition coefficient (Wildman–Crippen LogP) is 2.30. The minimum Gasteiger partial charge on any atom is -0.381 e. The molecule has 2 N–H and O–H groups in total. The van der Waals surface area contributed by atoms with Crippen LogP contribution in [-0.4, -0.2) is 50.5 Å². The second kappa shape index (κ2) is 9.27. The minimum atomic E-state index is 0. The van der Waals surface area contributed by atoms with Crippen LogP contribution in [0.5, 0.6) is 0 Å². The normalized spacial score (nSPS) is 30.2. The highest BCUT2D eigenvalue weighted by Gasteiger charge is 2.41.